The lowest BCUT2D eigenvalue weighted by atomic mass is 9.95. The summed E-state index contributed by atoms with van der Waals surface area (Å²) in [4.78, 5) is 28.3. The Labute approximate surface area is 256 Å². The number of ether oxygens (including phenoxy) is 2. The molecule has 3 saturated heterocycles. The first kappa shape index (κ1) is 29.9. The number of fused-ring (bicyclic) bond motifs is 2. The van der Waals surface area contributed by atoms with Crippen molar-refractivity contribution in [2.75, 3.05) is 37.7 Å². The first-order valence-electron chi connectivity index (χ1n) is 14.0. The quantitative estimate of drug-likeness (QED) is 0.254. The minimum atomic E-state index is -0.875. The smallest absolute Gasteiger partial charge is 0.410 e. The largest absolute Gasteiger partial charge is 0.461 e. The van der Waals surface area contributed by atoms with E-state index in [1.165, 1.54) is 0 Å². The fourth-order valence-electron chi connectivity index (χ4n) is 6.53. The van der Waals surface area contributed by atoms with E-state index in [1.54, 1.807) is 4.90 Å². The fourth-order valence-corrected chi connectivity index (χ4v) is 7.38. The molecule has 5 rings (SSSR count). The van der Waals surface area contributed by atoms with Gasteiger partial charge in [0.25, 0.3) is 0 Å². The molecule has 220 valence electrons. The number of nitrogens with zero attached hydrogens (tertiary/aromatic N) is 5. The number of hydrogen-bond donors (Lipinski definition) is 0. The van der Waals surface area contributed by atoms with Crippen LogP contribution in [0.1, 0.15) is 60.3 Å². The van der Waals surface area contributed by atoms with E-state index in [0.717, 1.165) is 19.4 Å². The van der Waals surface area contributed by atoms with Crippen molar-refractivity contribution in [3.05, 3.63) is 19.9 Å². The normalized spacial score (nSPS) is 26.9. The van der Waals surface area contributed by atoms with E-state index in [4.69, 9.17) is 14.5 Å². The molecule has 1 amide bonds. The maximum Gasteiger partial charge on any atom is 0.410 e. The standard InChI is InChI=1S/C28H37BrF2IN5O3/c1-6-36(20-8-11-37(16(20)2)26(38)40-27(3,4)5)24-18-12-19(32)21(29)22(31)23(18)33-25(34-24)39-15-28-9-7-10-35(28)14-17(30)13-28/h12,16-17,20H,6-11,13-15H2,1-5H3/t16-,17-,20-,28+/m1/s1. The van der Waals surface area contributed by atoms with E-state index in [9.17, 15) is 9.18 Å². The summed E-state index contributed by atoms with van der Waals surface area (Å²) in [6.45, 7) is 12.2. The van der Waals surface area contributed by atoms with Crippen molar-refractivity contribution in [1.82, 2.24) is 19.8 Å². The van der Waals surface area contributed by atoms with Crippen LogP contribution in [0.5, 0.6) is 6.01 Å². The minimum Gasteiger partial charge on any atom is -0.461 e. The van der Waals surface area contributed by atoms with Gasteiger partial charge in [0.05, 0.1) is 22.1 Å². The molecule has 0 saturated carbocycles. The molecule has 40 heavy (non-hydrogen) atoms. The van der Waals surface area contributed by atoms with E-state index >= 15 is 4.39 Å². The second-order valence-corrected chi connectivity index (χ2v) is 14.1. The number of carbonyl (C=O) groups is 1. The van der Waals surface area contributed by atoms with E-state index < -0.39 is 17.6 Å². The number of likely N-dealkylation sites (N-methyl/N-ethyl adjacent to an activating group) is 1. The van der Waals surface area contributed by atoms with Crippen molar-refractivity contribution in [2.24, 2.45) is 0 Å². The molecule has 3 fully saturated rings. The number of hydrogen-bond acceptors (Lipinski definition) is 7. The Bertz CT molecular complexity index is 1300. The zero-order valence-electron chi connectivity index (χ0n) is 23.6. The molecule has 0 N–H and O–H groups in total. The zero-order valence-corrected chi connectivity index (χ0v) is 27.4. The Morgan fingerprint density at radius 3 is 2.77 bits per heavy atom. The molecule has 12 heteroatoms. The predicted molar refractivity (Wildman–Crippen MR) is 162 cm³/mol. The van der Waals surface area contributed by atoms with Crippen molar-refractivity contribution in [2.45, 2.75) is 89.7 Å². The SMILES string of the molecule is CCN(c1nc(OC[C@@]23CCCN2C[C@H](F)C3)nc2c(F)c(Br)c(I)cc12)[C@@H]1CCN(C(=O)OC(C)(C)C)[C@@H]1C. The van der Waals surface area contributed by atoms with Crippen LogP contribution in [0.25, 0.3) is 10.9 Å². The number of rotatable bonds is 6. The van der Waals surface area contributed by atoms with Crippen LogP contribution in [0.4, 0.5) is 19.4 Å². The van der Waals surface area contributed by atoms with Crippen molar-refractivity contribution in [1.29, 1.82) is 0 Å². The average molecular weight is 736 g/mol. The lowest BCUT2D eigenvalue weighted by Crippen LogP contribution is -2.47. The van der Waals surface area contributed by atoms with Gasteiger partial charge in [0.15, 0.2) is 5.82 Å². The fraction of sp³-hybridized carbons (Fsp3) is 0.679. The van der Waals surface area contributed by atoms with Crippen molar-refractivity contribution in [3.8, 4) is 6.01 Å². The molecule has 1 aromatic carbocycles. The molecule has 0 bridgehead atoms. The molecular weight excluding hydrogens is 699 g/mol. The highest BCUT2D eigenvalue weighted by molar-refractivity contribution is 14.1. The van der Waals surface area contributed by atoms with Crippen LogP contribution in [0.2, 0.25) is 0 Å². The van der Waals surface area contributed by atoms with Gasteiger partial charge >= 0.3 is 12.1 Å². The maximum absolute atomic E-state index is 15.6. The summed E-state index contributed by atoms with van der Waals surface area (Å²) in [5, 5.41) is 0.576. The third-order valence-electron chi connectivity index (χ3n) is 8.37. The van der Waals surface area contributed by atoms with E-state index in [-0.39, 0.29) is 41.8 Å². The zero-order chi connectivity index (χ0) is 29.0. The van der Waals surface area contributed by atoms with Crippen LogP contribution in [0.3, 0.4) is 0 Å². The van der Waals surface area contributed by atoms with Gasteiger partial charge in [-0.15, -0.1) is 0 Å². The van der Waals surface area contributed by atoms with Crippen LogP contribution in [-0.4, -0.2) is 88.0 Å². The number of carbonyl (C=O) groups excluding carboxylic acids is 1. The Hall–Kier alpha value is -1.54. The molecule has 4 heterocycles. The maximum atomic E-state index is 15.6. The van der Waals surface area contributed by atoms with Crippen molar-refractivity contribution >= 4 is 61.3 Å². The second kappa shape index (κ2) is 11.3. The van der Waals surface area contributed by atoms with Gasteiger partial charge in [-0.1, -0.05) is 0 Å². The van der Waals surface area contributed by atoms with Gasteiger partial charge in [0.2, 0.25) is 0 Å². The Morgan fingerprint density at radius 1 is 1.32 bits per heavy atom. The summed E-state index contributed by atoms with van der Waals surface area (Å²) in [6, 6.07) is 1.72. The topological polar surface area (TPSA) is 71.0 Å². The summed E-state index contributed by atoms with van der Waals surface area (Å²) in [6.07, 6.45) is 1.77. The third-order valence-corrected chi connectivity index (χ3v) is 10.7. The molecule has 0 unspecified atom stereocenters. The third kappa shape index (κ3) is 5.60. The highest BCUT2D eigenvalue weighted by Crippen LogP contribution is 2.41. The van der Waals surface area contributed by atoms with Crippen molar-refractivity contribution < 1.29 is 23.0 Å². The van der Waals surface area contributed by atoms with Gasteiger partial charge in [-0.05, 0) is 105 Å². The molecule has 0 aliphatic carbocycles. The summed E-state index contributed by atoms with van der Waals surface area (Å²) < 4.78 is 42.8. The Morgan fingerprint density at radius 2 is 2.08 bits per heavy atom. The average Bonchev–Trinajstić information content (AvgIpc) is 3.53. The van der Waals surface area contributed by atoms with Gasteiger partial charge in [-0.2, -0.15) is 9.97 Å². The van der Waals surface area contributed by atoms with Crippen LogP contribution in [0.15, 0.2) is 10.5 Å². The number of likely N-dealkylation sites (tertiary alicyclic amines) is 1. The van der Waals surface area contributed by atoms with E-state index in [2.05, 4.69) is 53.3 Å². The van der Waals surface area contributed by atoms with Crippen LogP contribution in [0, 0.1) is 9.39 Å². The summed E-state index contributed by atoms with van der Waals surface area (Å²) in [5.74, 6) is 0.0805. The molecule has 8 nitrogen and oxygen atoms in total. The Balaban J connectivity index is 1.50. The number of halogens is 4. The van der Waals surface area contributed by atoms with Gasteiger partial charge in [0, 0.05) is 35.0 Å². The monoisotopic (exact) mass is 735 g/mol. The summed E-state index contributed by atoms with van der Waals surface area (Å²) >= 11 is 5.45. The highest BCUT2D eigenvalue weighted by Gasteiger charge is 2.49. The first-order valence-corrected chi connectivity index (χ1v) is 15.8. The van der Waals surface area contributed by atoms with Gasteiger partial charge in [0.1, 0.15) is 29.7 Å². The molecule has 3 aliphatic rings. The Kier molecular flexibility index (Phi) is 8.44. The van der Waals surface area contributed by atoms with E-state index in [0.29, 0.717) is 51.7 Å². The van der Waals surface area contributed by atoms with Crippen LogP contribution >= 0.6 is 38.5 Å². The minimum absolute atomic E-state index is 0.0705. The number of anilines is 1. The van der Waals surface area contributed by atoms with E-state index in [1.807, 2.05) is 40.7 Å². The first-order chi connectivity index (χ1) is 18.8. The molecule has 0 spiro atoms. The highest BCUT2D eigenvalue weighted by atomic mass is 127. The molecule has 2 aromatic rings. The second-order valence-electron chi connectivity index (χ2n) is 12.1. The number of benzene rings is 1. The molecular formula is C28H37BrF2IN5O3. The van der Waals surface area contributed by atoms with Gasteiger partial charge in [-0.3, -0.25) is 4.90 Å². The number of aromatic nitrogens is 2. The number of alkyl halides is 1. The molecule has 3 aliphatic heterocycles. The lowest BCUT2D eigenvalue weighted by Gasteiger charge is -2.35. The summed E-state index contributed by atoms with van der Waals surface area (Å²) in [5.41, 5.74) is -0.802. The lowest BCUT2D eigenvalue weighted by molar-refractivity contribution is 0.0233. The molecule has 0 radical (unpaired) electrons. The van der Waals surface area contributed by atoms with Gasteiger partial charge in [-0.25, -0.2) is 13.6 Å². The van der Waals surface area contributed by atoms with Crippen molar-refractivity contribution in [3.63, 3.8) is 0 Å². The number of amides is 1. The summed E-state index contributed by atoms with van der Waals surface area (Å²) in [7, 11) is 0. The molecule has 1 aromatic heterocycles. The molecule has 4 atom stereocenters. The van der Waals surface area contributed by atoms with Crippen LogP contribution < -0.4 is 9.64 Å². The predicted octanol–water partition coefficient (Wildman–Crippen LogP) is 6.32. The van der Waals surface area contributed by atoms with Crippen LogP contribution in [-0.2, 0) is 4.74 Å². The van der Waals surface area contributed by atoms with Gasteiger partial charge < -0.3 is 19.3 Å².